The Labute approximate surface area is 194 Å². The summed E-state index contributed by atoms with van der Waals surface area (Å²) in [5.41, 5.74) is 5.26. The molecule has 154 valence electrons. The molecule has 4 aromatic rings. The lowest BCUT2D eigenvalue weighted by Gasteiger charge is -2.29. The summed E-state index contributed by atoms with van der Waals surface area (Å²) in [4.78, 5) is 11.1. The molecule has 1 N–H and O–H groups in total. The number of aryl methyl sites for hydroxylation is 1. The zero-order valence-corrected chi connectivity index (χ0v) is 19.2. The first-order valence-electron chi connectivity index (χ1n) is 9.98. The van der Waals surface area contributed by atoms with Gasteiger partial charge in [0.2, 0.25) is 0 Å². The lowest BCUT2D eigenvalue weighted by Crippen LogP contribution is -2.30. The van der Waals surface area contributed by atoms with Crippen LogP contribution in [-0.2, 0) is 0 Å². The number of anilines is 1. The molecule has 3 aromatic heterocycles. The molecule has 5 rings (SSSR count). The zero-order valence-electron chi connectivity index (χ0n) is 16.8. The van der Waals surface area contributed by atoms with E-state index in [4.69, 9.17) is 12.2 Å². The predicted octanol–water partition coefficient (Wildman–Crippen LogP) is 5.52. The summed E-state index contributed by atoms with van der Waals surface area (Å²) < 4.78 is 3.24. The Morgan fingerprint density at radius 3 is 2.65 bits per heavy atom. The van der Waals surface area contributed by atoms with Crippen LogP contribution < -0.4 is 10.2 Å². The minimum atomic E-state index is -0.0945. The molecule has 1 aliphatic rings. The van der Waals surface area contributed by atoms with Gasteiger partial charge in [-0.15, -0.1) is 0 Å². The second-order valence-corrected chi connectivity index (χ2v) is 8.69. The highest BCUT2D eigenvalue weighted by atomic mass is 79.9. The Balaban J connectivity index is 1.68. The Morgan fingerprint density at radius 1 is 1.00 bits per heavy atom. The van der Waals surface area contributed by atoms with Gasteiger partial charge in [-0.1, -0.05) is 22.0 Å². The predicted molar refractivity (Wildman–Crippen MR) is 130 cm³/mol. The van der Waals surface area contributed by atoms with Gasteiger partial charge in [0, 0.05) is 34.4 Å². The van der Waals surface area contributed by atoms with E-state index in [0.717, 1.165) is 32.8 Å². The molecule has 2 atom stereocenters. The molecular weight excluding hydrogens is 470 g/mol. The number of hydrogen-bond donors (Lipinski definition) is 1. The van der Waals surface area contributed by atoms with Crippen molar-refractivity contribution in [3.63, 3.8) is 0 Å². The van der Waals surface area contributed by atoms with Crippen LogP contribution in [0.3, 0.4) is 0 Å². The molecule has 7 heteroatoms. The van der Waals surface area contributed by atoms with Crippen LogP contribution >= 0.6 is 28.1 Å². The first-order chi connectivity index (χ1) is 15.1. The molecule has 0 saturated carbocycles. The quantitative estimate of drug-likeness (QED) is 0.382. The fourth-order valence-electron chi connectivity index (χ4n) is 4.08. The summed E-state index contributed by atoms with van der Waals surface area (Å²) in [5.74, 6) is 0. The average Bonchev–Trinajstić information content (AvgIpc) is 3.41. The van der Waals surface area contributed by atoms with E-state index < -0.39 is 0 Å². The number of thiocarbonyl (C=S) groups is 1. The number of nitrogens with one attached hydrogen (secondary N) is 1. The number of hydrogen-bond acceptors (Lipinski definition) is 3. The van der Waals surface area contributed by atoms with Crippen molar-refractivity contribution < 1.29 is 0 Å². The lowest BCUT2D eigenvalue weighted by atomic mass is 10.0. The SMILES string of the molecule is Cc1cc(N2C(=S)N[C@@H](c3ccccn3)[C@H]2c2cccn2-c2cccnc2)ccc1Br. The number of pyridine rings is 2. The molecule has 0 bridgehead atoms. The summed E-state index contributed by atoms with van der Waals surface area (Å²) in [6.07, 6.45) is 7.54. The Morgan fingerprint density at radius 2 is 1.90 bits per heavy atom. The highest BCUT2D eigenvalue weighted by Gasteiger charge is 2.42. The van der Waals surface area contributed by atoms with E-state index in [-0.39, 0.29) is 12.1 Å². The van der Waals surface area contributed by atoms with E-state index in [1.165, 1.54) is 0 Å². The normalized spacial score (nSPS) is 18.3. The number of benzene rings is 1. The summed E-state index contributed by atoms with van der Waals surface area (Å²) in [7, 11) is 0. The maximum atomic E-state index is 5.84. The van der Waals surface area contributed by atoms with Crippen molar-refractivity contribution in [1.29, 1.82) is 0 Å². The average molecular weight is 490 g/mol. The fraction of sp³-hybridized carbons (Fsp3) is 0.125. The van der Waals surface area contributed by atoms with Gasteiger partial charge in [-0.3, -0.25) is 9.97 Å². The molecular formula is C24H20BrN5S. The third kappa shape index (κ3) is 3.64. The fourth-order valence-corrected chi connectivity index (χ4v) is 4.67. The van der Waals surface area contributed by atoms with E-state index in [1.54, 1.807) is 6.20 Å². The van der Waals surface area contributed by atoms with Gasteiger partial charge in [0.25, 0.3) is 0 Å². The van der Waals surface area contributed by atoms with Gasteiger partial charge in [-0.25, -0.2) is 0 Å². The summed E-state index contributed by atoms with van der Waals surface area (Å²) in [5, 5.41) is 4.21. The van der Waals surface area contributed by atoms with Crippen molar-refractivity contribution in [2.75, 3.05) is 4.90 Å². The molecule has 5 nitrogen and oxygen atoms in total. The summed E-state index contributed by atoms with van der Waals surface area (Å²) in [6.45, 7) is 2.09. The van der Waals surface area contributed by atoms with Gasteiger partial charge in [0.05, 0.1) is 23.6 Å². The molecule has 0 spiro atoms. The number of nitrogens with zero attached hydrogens (tertiary/aromatic N) is 4. The lowest BCUT2D eigenvalue weighted by molar-refractivity contribution is 0.549. The van der Waals surface area contributed by atoms with Crippen LogP contribution in [0.2, 0.25) is 0 Å². The van der Waals surface area contributed by atoms with E-state index >= 15 is 0 Å². The molecule has 0 unspecified atom stereocenters. The molecule has 1 fully saturated rings. The minimum Gasteiger partial charge on any atom is -0.351 e. The van der Waals surface area contributed by atoms with Crippen LogP contribution in [0.4, 0.5) is 5.69 Å². The second kappa shape index (κ2) is 8.24. The number of halogens is 1. The number of rotatable bonds is 4. The van der Waals surface area contributed by atoms with Gasteiger partial charge >= 0.3 is 0 Å². The van der Waals surface area contributed by atoms with E-state index in [9.17, 15) is 0 Å². The first-order valence-corrected chi connectivity index (χ1v) is 11.2. The van der Waals surface area contributed by atoms with Crippen LogP contribution in [-0.4, -0.2) is 19.6 Å². The van der Waals surface area contributed by atoms with Gasteiger partial charge in [0.15, 0.2) is 5.11 Å². The van der Waals surface area contributed by atoms with Crippen molar-refractivity contribution in [3.8, 4) is 5.69 Å². The summed E-state index contributed by atoms with van der Waals surface area (Å²) in [6, 6.07) is 20.3. The molecule has 0 radical (unpaired) electrons. The maximum absolute atomic E-state index is 5.84. The molecule has 1 aliphatic heterocycles. The molecule has 1 saturated heterocycles. The highest BCUT2D eigenvalue weighted by molar-refractivity contribution is 9.10. The van der Waals surface area contributed by atoms with Crippen LogP contribution in [0.25, 0.3) is 5.69 Å². The molecule has 1 aromatic carbocycles. The molecule has 4 heterocycles. The van der Waals surface area contributed by atoms with Gasteiger partial charge in [0.1, 0.15) is 6.04 Å². The maximum Gasteiger partial charge on any atom is 0.174 e. The standard InChI is InChI=1S/C24H20BrN5S/c1-16-14-17(9-10-19(16)25)30-23(22(28-24(30)31)20-7-2-3-12-27-20)21-8-5-13-29(21)18-6-4-11-26-15-18/h2-15,22-23H,1H3,(H,28,31)/t22-,23+/m0/s1. The van der Waals surface area contributed by atoms with Crippen molar-refractivity contribution in [2.24, 2.45) is 0 Å². The van der Waals surface area contributed by atoms with Gasteiger partial charge < -0.3 is 14.8 Å². The van der Waals surface area contributed by atoms with E-state index in [2.05, 4.69) is 90.2 Å². The first kappa shape index (κ1) is 19.9. The van der Waals surface area contributed by atoms with Gasteiger partial charge in [-0.05, 0) is 79.3 Å². The van der Waals surface area contributed by atoms with E-state index in [0.29, 0.717) is 5.11 Å². The highest BCUT2D eigenvalue weighted by Crippen LogP contribution is 2.42. The topological polar surface area (TPSA) is 46.0 Å². The number of aromatic nitrogens is 3. The Hall–Kier alpha value is -3.03. The molecule has 0 aliphatic carbocycles. The van der Waals surface area contributed by atoms with Crippen molar-refractivity contribution in [1.82, 2.24) is 19.9 Å². The Kier molecular flexibility index (Phi) is 5.29. The van der Waals surface area contributed by atoms with Crippen molar-refractivity contribution in [3.05, 3.63) is 107 Å². The minimum absolute atomic E-state index is 0.0850. The smallest absolute Gasteiger partial charge is 0.174 e. The molecule has 31 heavy (non-hydrogen) atoms. The van der Waals surface area contributed by atoms with Crippen molar-refractivity contribution >= 4 is 38.9 Å². The van der Waals surface area contributed by atoms with Gasteiger partial charge in [-0.2, -0.15) is 0 Å². The van der Waals surface area contributed by atoms with Crippen molar-refractivity contribution in [2.45, 2.75) is 19.0 Å². The largest absolute Gasteiger partial charge is 0.351 e. The van der Waals surface area contributed by atoms with Crippen LogP contribution in [0.5, 0.6) is 0 Å². The van der Waals surface area contributed by atoms with Crippen LogP contribution in [0.1, 0.15) is 29.0 Å². The zero-order chi connectivity index (χ0) is 21.4. The molecule has 0 amide bonds. The third-order valence-corrected chi connectivity index (χ3v) is 6.73. The van der Waals surface area contributed by atoms with Crippen LogP contribution in [0.15, 0.2) is 89.9 Å². The Bertz CT molecular complexity index is 1230. The monoisotopic (exact) mass is 489 g/mol. The van der Waals surface area contributed by atoms with Crippen LogP contribution in [0, 0.1) is 6.92 Å². The third-order valence-electron chi connectivity index (χ3n) is 5.53. The van der Waals surface area contributed by atoms with E-state index in [1.807, 2.05) is 36.7 Å². The second-order valence-electron chi connectivity index (χ2n) is 7.44. The summed E-state index contributed by atoms with van der Waals surface area (Å²) >= 11 is 9.45.